The fraction of sp³-hybridized carbons (Fsp3) is 0.300. The zero-order chi connectivity index (χ0) is 18.4. The summed E-state index contributed by atoms with van der Waals surface area (Å²) in [6.45, 7) is 0.500. The van der Waals surface area contributed by atoms with E-state index in [-0.39, 0.29) is 30.9 Å². The highest BCUT2D eigenvalue weighted by Crippen LogP contribution is 2.31. The zero-order valence-electron chi connectivity index (χ0n) is 14.6. The van der Waals surface area contributed by atoms with Crippen LogP contribution in [0.4, 0.5) is 0 Å². The van der Waals surface area contributed by atoms with E-state index in [4.69, 9.17) is 9.47 Å². The maximum atomic E-state index is 12.2. The van der Waals surface area contributed by atoms with Crippen molar-refractivity contribution in [1.29, 1.82) is 0 Å². The predicted octanol–water partition coefficient (Wildman–Crippen LogP) is 2.42. The Morgan fingerprint density at radius 1 is 1.15 bits per heavy atom. The zero-order valence-corrected chi connectivity index (χ0v) is 14.6. The lowest BCUT2D eigenvalue weighted by atomic mass is 10.0. The Bertz CT molecular complexity index is 772. The smallest absolute Gasteiger partial charge is 0.309 e. The second kappa shape index (κ2) is 8.38. The molecule has 1 atom stereocenters. The van der Waals surface area contributed by atoms with E-state index in [0.29, 0.717) is 12.4 Å². The summed E-state index contributed by atoms with van der Waals surface area (Å²) in [5.41, 5.74) is 1.81. The van der Waals surface area contributed by atoms with Crippen LogP contribution in [0, 0.1) is 0 Å². The van der Waals surface area contributed by atoms with Gasteiger partial charge < -0.3 is 19.5 Å². The molecule has 0 aliphatic carbocycles. The highest BCUT2D eigenvalue weighted by Gasteiger charge is 2.22. The van der Waals surface area contributed by atoms with Crippen LogP contribution in [0.2, 0.25) is 0 Å². The van der Waals surface area contributed by atoms with Crippen LogP contribution in [0.3, 0.4) is 0 Å². The van der Waals surface area contributed by atoms with Gasteiger partial charge in [0.2, 0.25) is 0 Å². The molecular weight excluding hydrogens is 334 g/mol. The van der Waals surface area contributed by atoms with E-state index in [0.717, 1.165) is 23.3 Å². The maximum absolute atomic E-state index is 12.2. The molecule has 0 saturated heterocycles. The molecule has 1 amide bonds. The summed E-state index contributed by atoms with van der Waals surface area (Å²) in [4.78, 5) is 23.5. The first kappa shape index (κ1) is 17.8. The first-order valence-corrected chi connectivity index (χ1v) is 8.45. The molecule has 0 saturated carbocycles. The highest BCUT2D eigenvalue weighted by molar-refractivity contribution is 5.78. The summed E-state index contributed by atoms with van der Waals surface area (Å²) in [7, 11) is 1.36. The molecular formula is C20H21NO5. The molecule has 0 radical (unpaired) electrons. The molecule has 2 aromatic rings. The number of benzene rings is 2. The van der Waals surface area contributed by atoms with Crippen LogP contribution in [-0.2, 0) is 20.7 Å². The highest BCUT2D eigenvalue weighted by atomic mass is 16.5. The van der Waals surface area contributed by atoms with Crippen LogP contribution in [-0.4, -0.2) is 32.2 Å². The lowest BCUT2D eigenvalue weighted by Gasteiger charge is -2.26. The third-order valence-corrected chi connectivity index (χ3v) is 4.16. The summed E-state index contributed by atoms with van der Waals surface area (Å²) in [6, 6.07) is 14.6. The van der Waals surface area contributed by atoms with Crippen molar-refractivity contribution in [2.24, 2.45) is 0 Å². The fourth-order valence-electron chi connectivity index (χ4n) is 2.82. The molecule has 1 heterocycles. The summed E-state index contributed by atoms with van der Waals surface area (Å²) in [6.07, 6.45) is 0.936. The summed E-state index contributed by atoms with van der Waals surface area (Å²) < 4.78 is 15.7. The van der Waals surface area contributed by atoms with Crippen LogP contribution in [0.1, 0.15) is 23.6 Å². The lowest BCUT2D eigenvalue weighted by Crippen LogP contribution is -2.35. The number of carbonyl (C=O) groups is 2. The van der Waals surface area contributed by atoms with Gasteiger partial charge in [0.15, 0.2) is 6.61 Å². The Labute approximate surface area is 152 Å². The van der Waals surface area contributed by atoms with Crippen molar-refractivity contribution in [3.63, 3.8) is 0 Å². The Hall–Kier alpha value is -3.02. The minimum Gasteiger partial charge on any atom is -0.493 e. The summed E-state index contributed by atoms with van der Waals surface area (Å²) in [5.74, 6) is 0.896. The van der Waals surface area contributed by atoms with Gasteiger partial charge in [0.1, 0.15) is 11.5 Å². The van der Waals surface area contributed by atoms with E-state index < -0.39 is 0 Å². The molecule has 0 spiro atoms. The van der Waals surface area contributed by atoms with Crippen molar-refractivity contribution >= 4 is 11.9 Å². The Balaban J connectivity index is 1.51. The molecule has 1 unspecified atom stereocenters. The molecule has 0 aromatic heterocycles. The van der Waals surface area contributed by atoms with Crippen LogP contribution < -0.4 is 14.8 Å². The van der Waals surface area contributed by atoms with Gasteiger partial charge >= 0.3 is 5.97 Å². The monoisotopic (exact) mass is 355 g/mol. The number of ether oxygens (including phenoxy) is 3. The van der Waals surface area contributed by atoms with Crippen molar-refractivity contribution < 1.29 is 23.8 Å². The fourth-order valence-corrected chi connectivity index (χ4v) is 2.82. The maximum Gasteiger partial charge on any atom is 0.309 e. The number of hydrogen-bond donors (Lipinski definition) is 1. The first-order valence-electron chi connectivity index (χ1n) is 8.45. The standard InChI is InChI=1S/C20H21NO5/c1-24-20(23)12-14-6-8-15(9-7-14)26-13-19(22)21-17-10-11-25-18-5-3-2-4-16(17)18/h2-9,17H,10-13H2,1H3,(H,21,22). The van der Waals surface area contributed by atoms with Gasteiger partial charge in [-0.15, -0.1) is 0 Å². The number of fused-ring (bicyclic) bond motifs is 1. The van der Waals surface area contributed by atoms with E-state index in [1.165, 1.54) is 7.11 Å². The number of esters is 1. The normalized spacial score (nSPS) is 15.3. The van der Waals surface area contributed by atoms with E-state index in [2.05, 4.69) is 10.1 Å². The van der Waals surface area contributed by atoms with Crippen LogP contribution in [0.5, 0.6) is 11.5 Å². The van der Waals surface area contributed by atoms with Crippen LogP contribution >= 0.6 is 0 Å². The molecule has 6 nitrogen and oxygen atoms in total. The van der Waals surface area contributed by atoms with Gasteiger partial charge in [-0.25, -0.2) is 0 Å². The largest absolute Gasteiger partial charge is 0.493 e. The second-order valence-corrected chi connectivity index (χ2v) is 5.98. The topological polar surface area (TPSA) is 73.9 Å². The van der Waals surface area contributed by atoms with E-state index in [9.17, 15) is 9.59 Å². The molecule has 1 aliphatic rings. The number of hydrogen-bond acceptors (Lipinski definition) is 5. The summed E-state index contributed by atoms with van der Waals surface area (Å²) in [5, 5.41) is 2.99. The van der Waals surface area contributed by atoms with Gasteiger partial charge in [-0.1, -0.05) is 30.3 Å². The quantitative estimate of drug-likeness (QED) is 0.806. The van der Waals surface area contributed by atoms with Gasteiger partial charge in [0, 0.05) is 12.0 Å². The van der Waals surface area contributed by atoms with Gasteiger partial charge in [0.05, 0.1) is 26.2 Å². The molecule has 0 fully saturated rings. The van der Waals surface area contributed by atoms with Gasteiger partial charge in [-0.3, -0.25) is 9.59 Å². The minimum absolute atomic E-state index is 0.0708. The van der Waals surface area contributed by atoms with Crippen molar-refractivity contribution in [2.75, 3.05) is 20.3 Å². The molecule has 0 bridgehead atoms. The number of amides is 1. The second-order valence-electron chi connectivity index (χ2n) is 5.98. The molecule has 136 valence electrons. The number of carbonyl (C=O) groups excluding carboxylic acids is 2. The van der Waals surface area contributed by atoms with Gasteiger partial charge in [-0.2, -0.15) is 0 Å². The van der Waals surface area contributed by atoms with Crippen molar-refractivity contribution in [1.82, 2.24) is 5.32 Å². The molecule has 1 N–H and O–H groups in total. The molecule has 6 heteroatoms. The Morgan fingerprint density at radius 3 is 2.69 bits per heavy atom. The molecule has 26 heavy (non-hydrogen) atoms. The van der Waals surface area contributed by atoms with Crippen molar-refractivity contribution in [3.8, 4) is 11.5 Å². The third-order valence-electron chi connectivity index (χ3n) is 4.16. The predicted molar refractivity (Wildman–Crippen MR) is 95.1 cm³/mol. The van der Waals surface area contributed by atoms with Crippen molar-refractivity contribution in [3.05, 3.63) is 59.7 Å². The summed E-state index contributed by atoms with van der Waals surface area (Å²) >= 11 is 0. The molecule has 3 rings (SSSR count). The van der Waals surface area contributed by atoms with E-state index in [1.807, 2.05) is 24.3 Å². The van der Waals surface area contributed by atoms with Gasteiger partial charge in [-0.05, 0) is 23.8 Å². The van der Waals surface area contributed by atoms with Crippen LogP contribution in [0.15, 0.2) is 48.5 Å². The average molecular weight is 355 g/mol. The number of rotatable bonds is 6. The molecule has 1 aliphatic heterocycles. The lowest BCUT2D eigenvalue weighted by molar-refractivity contribution is -0.139. The van der Waals surface area contributed by atoms with Crippen molar-refractivity contribution in [2.45, 2.75) is 18.9 Å². The minimum atomic E-state index is -0.296. The Morgan fingerprint density at radius 2 is 1.92 bits per heavy atom. The number of nitrogens with one attached hydrogen (secondary N) is 1. The number of methoxy groups -OCH3 is 1. The molecule has 2 aromatic carbocycles. The van der Waals surface area contributed by atoms with E-state index >= 15 is 0 Å². The SMILES string of the molecule is COC(=O)Cc1ccc(OCC(=O)NC2CCOc3ccccc32)cc1. The Kier molecular flexibility index (Phi) is 5.73. The average Bonchev–Trinajstić information content (AvgIpc) is 2.67. The van der Waals surface area contributed by atoms with Crippen LogP contribution in [0.25, 0.3) is 0 Å². The van der Waals surface area contributed by atoms with E-state index in [1.54, 1.807) is 24.3 Å². The third kappa shape index (κ3) is 4.53. The first-order chi connectivity index (χ1) is 12.7. The van der Waals surface area contributed by atoms with Gasteiger partial charge in [0.25, 0.3) is 5.91 Å². The number of para-hydroxylation sites is 1.